The molecular weight excluding hydrogens is 298 g/mol. The van der Waals surface area contributed by atoms with E-state index < -0.39 is 0 Å². The van der Waals surface area contributed by atoms with E-state index in [1.54, 1.807) is 25.3 Å². The first kappa shape index (κ1) is 14.8. The third kappa shape index (κ3) is 2.91. The van der Waals surface area contributed by atoms with Gasteiger partial charge in [-0.3, -0.25) is 4.79 Å². The summed E-state index contributed by atoms with van der Waals surface area (Å²) in [4.78, 5) is 15.0. The average molecular weight is 313 g/mol. The Labute approximate surface area is 131 Å². The van der Waals surface area contributed by atoms with Gasteiger partial charge in [0, 0.05) is 11.3 Å². The maximum Gasteiger partial charge on any atom is 0.259 e. The Kier molecular flexibility index (Phi) is 4.05. The Hall–Kier alpha value is -3.16. The Morgan fingerprint density at radius 3 is 2.70 bits per heavy atom. The average Bonchev–Trinajstić information content (AvgIpc) is 3.09. The van der Waals surface area contributed by atoms with Gasteiger partial charge in [-0.1, -0.05) is 0 Å². The monoisotopic (exact) mass is 313 g/mol. The van der Waals surface area contributed by atoms with Gasteiger partial charge in [-0.05, 0) is 42.5 Å². The van der Waals surface area contributed by atoms with Crippen molar-refractivity contribution in [3.05, 3.63) is 40.7 Å². The molecule has 8 nitrogen and oxygen atoms in total. The van der Waals surface area contributed by atoms with E-state index in [0.717, 1.165) is 5.56 Å². The number of nitrogens with zero attached hydrogens (tertiary/aromatic N) is 3. The van der Waals surface area contributed by atoms with Crippen molar-refractivity contribution in [2.24, 2.45) is 0 Å². The lowest BCUT2D eigenvalue weighted by Crippen LogP contribution is -2.10. The van der Waals surface area contributed by atoms with Crippen LogP contribution in [-0.4, -0.2) is 39.3 Å². The largest absolute Gasteiger partial charge is 0.493 e. The topological polar surface area (TPSA) is 106 Å². The lowest BCUT2D eigenvalue weighted by atomic mass is 10.1. The van der Waals surface area contributed by atoms with Crippen molar-refractivity contribution in [3.8, 4) is 34.1 Å². The Bertz CT molecular complexity index is 858. The molecule has 0 aliphatic rings. The van der Waals surface area contributed by atoms with Gasteiger partial charge in [0.05, 0.1) is 19.3 Å². The van der Waals surface area contributed by atoms with E-state index in [9.17, 15) is 4.79 Å². The number of hydrogen-bond acceptors (Lipinski definition) is 6. The van der Waals surface area contributed by atoms with E-state index in [2.05, 4.69) is 25.6 Å². The van der Waals surface area contributed by atoms with E-state index in [-0.39, 0.29) is 11.4 Å². The number of methoxy groups -OCH3 is 1. The van der Waals surface area contributed by atoms with Crippen molar-refractivity contribution in [1.82, 2.24) is 25.6 Å². The summed E-state index contributed by atoms with van der Waals surface area (Å²) in [6, 6.07) is 8.91. The molecule has 0 aliphatic heterocycles. The van der Waals surface area contributed by atoms with Crippen molar-refractivity contribution in [1.29, 1.82) is 0 Å². The first-order valence-electron chi connectivity index (χ1n) is 7.01. The number of aromatic amines is 2. The van der Waals surface area contributed by atoms with E-state index in [0.29, 0.717) is 29.4 Å². The zero-order valence-electron chi connectivity index (χ0n) is 12.7. The van der Waals surface area contributed by atoms with Gasteiger partial charge >= 0.3 is 0 Å². The molecular formula is C15H15N5O3. The van der Waals surface area contributed by atoms with Gasteiger partial charge in [0.1, 0.15) is 0 Å². The second-order valence-electron chi connectivity index (χ2n) is 4.65. The highest BCUT2D eigenvalue weighted by Gasteiger charge is 2.11. The standard InChI is InChI=1S/C15H15N5O3/c1-3-23-13-8-9(4-7-12(13)22-2)11-6-5-10(15(21)16-11)14-17-19-20-18-14/h4-8H,3H2,1-2H3,(H,16,21)(H,17,18,19,20). The van der Waals surface area contributed by atoms with Crippen LogP contribution in [0.4, 0.5) is 0 Å². The molecule has 0 spiro atoms. The molecule has 0 saturated carbocycles. The molecule has 0 aliphatic carbocycles. The summed E-state index contributed by atoms with van der Waals surface area (Å²) in [5.41, 5.74) is 1.52. The van der Waals surface area contributed by atoms with Gasteiger partial charge in [0.15, 0.2) is 11.5 Å². The van der Waals surface area contributed by atoms with Gasteiger partial charge in [-0.15, -0.1) is 10.2 Å². The van der Waals surface area contributed by atoms with Crippen molar-refractivity contribution >= 4 is 0 Å². The number of aromatic nitrogens is 5. The highest BCUT2D eigenvalue weighted by molar-refractivity contribution is 5.66. The van der Waals surface area contributed by atoms with Gasteiger partial charge < -0.3 is 14.5 Å². The molecule has 118 valence electrons. The Balaban J connectivity index is 2.01. The molecule has 0 unspecified atom stereocenters. The minimum absolute atomic E-state index is 0.252. The minimum Gasteiger partial charge on any atom is -0.493 e. The van der Waals surface area contributed by atoms with Crippen LogP contribution in [0.25, 0.3) is 22.6 Å². The molecule has 3 aromatic rings. The van der Waals surface area contributed by atoms with Crippen molar-refractivity contribution < 1.29 is 9.47 Å². The fraction of sp³-hybridized carbons (Fsp3) is 0.200. The second-order valence-corrected chi connectivity index (χ2v) is 4.65. The van der Waals surface area contributed by atoms with Gasteiger partial charge in [0.25, 0.3) is 5.56 Å². The molecule has 0 amide bonds. The Morgan fingerprint density at radius 1 is 1.17 bits per heavy atom. The van der Waals surface area contributed by atoms with E-state index in [4.69, 9.17) is 9.47 Å². The van der Waals surface area contributed by atoms with Crippen LogP contribution >= 0.6 is 0 Å². The summed E-state index contributed by atoms with van der Waals surface area (Å²) in [6.45, 7) is 2.42. The van der Waals surface area contributed by atoms with Crippen molar-refractivity contribution in [3.63, 3.8) is 0 Å². The normalized spacial score (nSPS) is 10.5. The van der Waals surface area contributed by atoms with Crippen molar-refractivity contribution in [2.75, 3.05) is 13.7 Å². The molecule has 2 N–H and O–H groups in total. The maximum atomic E-state index is 12.2. The molecule has 0 saturated heterocycles. The smallest absolute Gasteiger partial charge is 0.259 e. The van der Waals surface area contributed by atoms with Crippen LogP contribution in [0.3, 0.4) is 0 Å². The molecule has 2 aromatic heterocycles. The fourth-order valence-electron chi connectivity index (χ4n) is 2.21. The second kappa shape index (κ2) is 6.30. The lowest BCUT2D eigenvalue weighted by Gasteiger charge is -2.11. The molecule has 0 radical (unpaired) electrons. The summed E-state index contributed by atoms with van der Waals surface area (Å²) in [7, 11) is 1.58. The number of rotatable bonds is 5. The van der Waals surface area contributed by atoms with E-state index in [1.165, 1.54) is 0 Å². The Morgan fingerprint density at radius 2 is 2.04 bits per heavy atom. The van der Waals surface area contributed by atoms with Crippen LogP contribution in [0.15, 0.2) is 35.1 Å². The van der Waals surface area contributed by atoms with Gasteiger partial charge in [-0.25, -0.2) is 0 Å². The zero-order chi connectivity index (χ0) is 16.2. The molecule has 0 fully saturated rings. The number of benzene rings is 1. The number of tetrazole rings is 1. The van der Waals surface area contributed by atoms with Crippen LogP contribution in [-0.2, 0) is 0 Å². The molecule has 23 heavy (non-hydrogen) atoms. The number of hydrogen-bond donors (Lipinski definition) is 2. The summed E-state index contributed by atoms with van der Waals surface area (Å²) >= 11 is 0. The quantitative estimate of drug-likeness (QED) is 0.741. The fourth-order valence-corrected chi connectivity index (χ4v) is 2.21. The van der Waals surface area contributed by atoms with Gasteiger partial charge in [-0.2, -0.15) is 5.21 Å². The molecule has 1 aromatic carbocycles. The third-order valence-electron chi connectivity index (χ3n) is 3.27. The van der Waals surface area contributed by atoms with Crippen molar-refractivity contribution in [2.45, 2.75) is 6.92 Å². The molecule has 3 rings (SSSR count). The van der Waals surface area contributed by atoms with Crippen LogP contribution in [0.5, 0.6) is 11.5 Å². The highest BCUT2D eigenvalue weighted by atomic mass is 16.5. The van der Waals surface area contributed by atoms with E-state index >= 15 is 0 Å². The number of nitrogens with one attached hydrogen (secondary N) is 2. The minimum atomic E-state index is -0.294. The highest BCUT2D eigenvalue weighted by Crippen LogP contribution is 2.31. The molecule has 0 atom stereocenters. The molecule has 8 heteroatoms. The maximum absolute atomic E-state index is 12.2. The lowest BCUT2D eigenvalue weighted by molar-refractivity contribution is 0.311. The number of pyridine rings is 1. The first-order chi connectivity index (χ1) is 11.2. The van der Waals surface area contributed by atoms with Crippen LogP contribution in [0, 0.1) is 0 Å². The van der Waals surface area contributed by atoms with Crippen LogP contribution in [0.2, 0.25) is 0 Å². The van der Waals surface area contributed by atoms with E-state index in [1.807, 2.05) is 19.1 Å². The van der Waals surface area contributed by atoms with Crippen LogP contribution in [0.1, 0.15) is 6.92 Å². The predicted molar refractivity (Wildman–Crippen MR) is 83.4 cm³/mol. The molecule has 0 bridgehead atoms. The molecule has 2 heterocycles. The summed E-state index contributed by atoms with van der Waals surface area (Å²) in [5, 5.41) is 13.4. The van der Waals surface area contributed by atoms with Gasteiger partial charge in [0.2, 0.25) is 5.82 Å². The first-order valence-corrected chi connectivity index (χ1v) is 7.01. The predicted octanol–water partition coefficient (Wildman–Crippen LogP) is 1.63. The van der Waals surface area contributed by atoms with Crippen LogP contribution < -0.4 is 15.0 Å². The SMILES string of the molecule is CCOc1cc(-c2ccc(-c3nn[nH]n3)c(=O)[nH]2)ccc1OC. The third-order valence-corrected chi connectivity index (χ3v) is 3.27. The number of H-pyrrole nitrogens is 2. The summed E-state index contributed by atoms with van der Waals surface area (Å²) in [6.07, 6.45) is 0. The summed E-state index contributed by atoms with van der Waals surface area (Å²) < 4.78 is 10.8. The number of ether oxygens (including phenoxy) is 2. The summed E-state index contributed by atoms with van der Waals surface area (Å²) in [5.74, 6) is 1.51. The zero-order valence-corrected chi connectivity index (χ0v) is 12.7.